The molecule has 0 heterocycles. The summed E-state index contributed by atoms with van der Waals surface area (Å²) in [6, 6.07) is 30.6. The number of para-hydroxylation sites is 1. The molecule has 0 bridgehead atoms. The Morgan fingerprint density at radius 1 is 0.837 bits per heavy atom. The van der Waals surface area contributed by atoms with E-state index in [1.54, 1.807) is 49.4 Å². The Labute approximate surface area is 254 Å². The number of aryl methyl sites for hydroxylation is 1. The molecular formula is C34H37N3O5S. The Morgan fingerprint density at radius 2 is 1.47 bits per heavy atom. The van der Waals surface area contributed by atoms with Crippen LogP contribution in [0, 0.1) is 6.92 Å². The third-order valence-electron chi connectivity index (χ3n) is 6.87. The predicted molar refractivity (Wildman–Crippen MR) is 168 cm³/mol. The molecular weight excluding hydrogens is 562 g/mol. The van der Waals surface area contributed by atoms with Gasteiger partial charge in [-0.05, 0) is 74.4 Å². The van der Waals surface area contributed by atoms with Crippen LogP contribution in [0.3, 0.4) is 0 Å². The number of hydrogen-bond acceptors (Lipinski definition) is 5. The number of carbonyl (C=O) groups is 2. The maximum atomic E-state index is 14.0. The van der Waals surface area contributed by atoms with Crippen molar-refractivity contribution < 1.29 is 22.7 Å². The lowest BCUT2D eigenvalue weighted by Gasteiger charge is -2.32. The summed E-state index contributed by atoms with van der Waals surface area (Å²) in [7, 11) is -4.15. The lowest BCUT2D eigenvalue weighted by molar-refractivity contribution is -0.139. The molecule has 8 nitrogen and oxygen atoms in total. The second-order valence-corrected chi connectivity index (χ2v) is 12.1. The van der Waals surface area contributed by atoms with E-state index < -0.39 is 28.5 Å². The number of rotatable bonds is 13. The molecule has 0 saturated carbocycles. The molecule has 2 amide bonds. The van der Waals surface area contributed by atoms with Crippen molar-refractivity contribution in [2.75, 3.05) is 17.4 Å². The normalized spacial score (nSPS) is 11.8. The molecule has 1 atom stereocenters. The lowest BCUT2D eigenvalue weighted by atomic mass is 10.1. The summed E-state index contributed by atoms with van der Waals surface area (Å²) in [5.41, 5.74) is 2.14. The maximum Gasteiger partial charge on any atom is 0.264 e. The number of hydrogen-bond donors (Lipinski definition) is 1. The van der Waals surface area contributed by atoms with Crippen molar-refractivity contribution in [1.82, 2.24) is 10.2 Å². The summed E-state index contributed by atoms with van der Waals surface area (Å²) in [5.74, 6) is 0.342. The summed E-state index contributed by atoms with van der Waals surface area (Å²) >= 11 is 0. The smallest absolute Gasteiger partial charge is 0.264 e. The lowest BCUT2D eigenvalue weighted by Crippen LogP contribution is -2.51. The first-order valence-corrected chi connectivity index (χ1v) is 15.7. The summed E-state index contributed by atoms with van der Waals surface area (Å²) in [5, 5.41) is 2.85. The minimum atomic E-state index is -4.15. The zero-order chi connectivity index (χ0) is 30.8. The van der Waals surface area contributed by atoms with Gasteiger partial charge in [-0.25, -0.2) is 8.42 Å². The monoisotopic (exact) mass is 599 g/mol. The Hall–Kier alpha value is -4.63. The van der Waals surface area contributed by atoms with E-state index in [1.165, 1.54) is 17.0 Å². The van der Waals surface area contributed by atoms with Crippen LogP contribution in [0.15, 0.2) is 114 Å². The van der Waals surface area contributed by atoms with Crippen LogP contribution in [0.4, 0.5) is 5.69 Å². The summed E-state index contributed by atoms with van der Waals surface area (Å²) in [6.07, 6.45) is 0.747. The SMILES string of the molecule is CCCNC(=O)C(C)N(Cc1cccc(C)c1)C(=O)CN(c1ccc(Oc2ccccc2)cc1)S(=O)(=O)c1ccccc1. The van der Waals surface area contributed by atoms with Crippen molar-refractivity contribution in [3.05, 3.63) is 120 Å². The Balaban J connectivity index is 1.68. The van der Waals surface area contributed by atoms with Gasteiger partial charge in [0.05, 0.1) is 10.6 Å². The predicted octanol–water partition coefficient (Wildman–Crippen LogP) is 5.93. The average Bonchev–Trinajstić information content (AvgIpc) is 3.02. The van der Waals surface area contributed by atoms with Crippen molar-refractivity contribution in [3.63, 3.8) is 0 Å². The first kappa shape index (κ1) is 31.3. The van der Waals surface area contributed by atoms with E-state index in [1.807, 2.05) is 68.4 Å². The highest BCUT2D eigenvalue weighted by Crippen LogP contribution is 2.28. The number of anilines is 1. The molecule has 0 aliphatic rings. The molecule has 43 heavy (non-hydrogen) atoms. The number of nitrogens with zero attached hydrogens (tertiary/aromatic N) is 2. The molecule has 4 rings (SSSR count). The van der Waals surface area contributed by atoms with E-state index in [2.05, 4.69) is 5.32 Å². The van der Waals surface area contributed by atoms with Crippen LogP contribution in [-0.4, -0.2) is 44.3 Å². The van der Waals surface area contributed by atoms with Gasteiger partial charge >= 0.3 is 0 Å². The highest BCUT2D eigenvalue weighted by Gasteiger charge is 2.32. The van der Waals surface area contributed by atoms with Crippen molar-refractivity contribution in [2.24, 2.45) is 0 Å². The molecule has 1 unspecified atom stereocenters. The molecule has 0 aliphatic carbocycles. The number of nitrogens with one attached hydrogen (secondary N) is 1. The molecule has 0 spiro atoms. The number of benzene rings is 4. The molecule has 0 radical (unpaired) electrons. The molecule has 0 fully saturated rings. The van der Waals surface area contributed by atoms with E-state index in [0.717, 1.165) is 21.9 Å². The maximum absolute atomic E-state index is 14.0. The average molecular weight is 600 g/mol. The number of sulfonamides is 1. The Morgan fingerprint density at radius 3 is 2.09 bits per heavy atom. The zero-order valence-corrected chi connectivity index (χ0v) is 25.5. The van der Waals surface area contributed by atoms with Gasteiger partial charge in [0.15, 0.2) is 0 Å². The van der Waals surface area contributed by atoms with Gasteiger partial charge in [-0.2, -0.15) is 0 Å². The fraction of sp³-hybridized carbons (Fsp3) is 0.235. The Kier molecular flexibility index (Phi) is 10.6. The highest BCUT2D eigenvalue weighted by atomic mass is 32.2. The zero-order valence-electron chi connectivity index (χ0n) is 24.6. The van der Waals surface area contributed by atoms with Gasteiger partial charge in [0.25, 0.3) is 10.0 Å². The van der Waals surface area contributed by atoms with E-state index in [4.69, 9.17) is 4.74 Å². The van der Waals surface area contributed by atoms with Crippen LogP contribution in [0.2, 0.25) is 0 Å². The molecule has 1 N–H and O–H groups in total. The molecule has 9 heteroatoms. The van der Waals surface area contributed by atoms with Crippen molar-refractivity contribution in [1.29, 1.82) is 0 Å². The largest absolute Gasteiger partial charge is 0.457 e. The topological polar surface area (TPSA) is 96.0 Å². The summed E-state index contributed by atoms with van der Waals surface area (Å²) in [6.45, 7) is 5.67. The van der Waals surface area contributed by atoms with E-state index >= 15 is 0 Å². The van der Waals surface area contributed by atoms with Gasteiger partial charge in [-0.15, -0.1) is 0 Å². The molecule has 4 aromatic carbocycles. The third kappa shape index (κ3) is 8.23. The second kappa shape index (κ2) is 14.5. The van der Waals surface area contributed by atoms with Crippen LogP contribution in [0.5, 0.6) is 11.5 Å². The van der Waals surface area contributed by atoms with Crippen LogP contribution >= 0.6 is 0 Å². The number of ether oxygens (including phenoxy) is 1. The van der Waals surface area contributed by atoms with Crippen LogP contribution in [0.25, 0.3) is 0 Å². The van der Waals surface area contributed by atoms with Gasteiger partial charge in [-0.3, -0.25) is 13.9 Å². The first-order valence-electron chi connectivity index (χ1n) is 14.2. The van der Waals surface area contributed by atoms with E-state index in [0.29, 0.717) is 18.0 Å². The van der Waals surface area contributed by atoms with Crippen molar-refractivity contribution in [3.8, 4) is 11.5 Å². The van der Waals surface area contributed by atoms with Gasteiger partial charge in [0, 0.05) is 13.1 Å². The second-order valence-electron chi connectivity index (χ2n) is 10.2. The quantitative estimate of drug-likeness (QED) is 0.206. The first-order chi connectivity index (χ1) is 20.7. The van der Waals surface area contributed by atoms with Crippen LogP contribution < -0.4 is 14.4 Å². The van der Waals surface area contributed by atoms with Crippen LogP contribution in [-0.2, 0) is 26.2 Å². The fourth-order valence-electron chi connectivity index (χ4n) is 4.54. The third-order valence-corrected chi connectivity index (χ3v) is 8.65. The summed E-state index contributed by atoms with van der Waals surface area (Å²) < 4.78 is 34.9. The number of amides is 2. The van der Waals surface area contributed by atoms with E-state index in [-0.39, 0.29) is 23.0 Å². The number of carbonyl (C=O) groups excluding carboxylic acids is 2. The molecule has 224 valence electrons. The Bertz CT molecular complexity index is 1610. The van der Waals surface area contributed by atoms with Gasteiger partial charge in [-0.1, -0.05) is 73.2 Å². The van der Waals surface area contributed by atoms with Crippen molar-refractivity contribution in [2.45, 2.75) is 44.7 Å². The molecule has 0 saturated heterocycles. The van der Waals surface area contributed by atoms with Gasteiger partial charge in [0.2, 0.25) is 11.8 Å². The van der Waals surface area contributed by atoms with Gasteiger partial charge < -0.3 is 15.0 Å². The minimum absolute atomic E-state index is 0.0476. The fourth-order valence-corrected chi connectivity index (χ4v) is 5.97. The minimum Gasteiger partial charge on any atom is -0.457 e. The van der Waals surface area contributed by atoms with E-state index in [9.17, 15) is 18.0 Å². The molecule has 0 aromatic heterocycles. The van der Waals surface area contributed by atoms with Crippen LogP contribution in [0.1, 0.15) is 31.4 Å². The molecule has 4 aromatic rings. The standard InChI is InChI=1S/C34H37N3O5S/c1-4-22-35-34(39)27(3)36(24-28-13-11-12-26(2)23-28)33(38)25-37(43(40,41)32-16-9-6-10-17-32)29-18-20-31(21-19-29)42-30-14-7-5-8-15-30/h5-21,23,27H,4,22,24-25H2,1-3H3,(H,35,39). The highest BCUT2D eigenvalue weighted by molar-refractivity contribution is 7.92. The molecule has 0 aliphatic heterocycles. The summed E-state index contributed by atoms with van der Waals surface area (Å²) in [4.78, 5) is 28.5. The van der Waals surface area contributed by atoms with Gasteiger partial charge in [0.1, 0.15) is 24.1 Å². The van der Waals surface area contributed by atoms with Crippen molar-refractivity contribution >= 4 is 27.5 Å².